The molecule has 0 N–H and O–H groups in total. The summed E-state index contributed by atoms with van der Waals surface area (Å²) in [5.74, 6) is 0.800. The maximum absolute atomic E-state index is 4.18. The van der Waals surface area contributed by atoms with Crippen LogP contribution in [0.5, 0.6) is 0 Å². The van der Waals surface area contributed by atoms with E-state index in [-0.39, 0.29) is 0 Å². The highest BCUT2D eigenvalue weighted by molar-refractivity contribution is 7.80. The van der Waals surface area contributed by atoms with Gasteiger partial charge in [0.25, 0.3) is 0 Å². The molecule has 0 saturated carbocycles. The monoisotopic (exact) mass is 174 g/mol. The number of hydrogen-bond donors (Lipinski definition) is 1. The summed E-state index contributed by atoms with van der Waals surface area (Å²) < 4.78 is 0. The average molecular weight is 174 g/mol. The molecule has 0 aliphatic heterocycles. The van der Waals surface area contributed by atoms with Crippen LogP contribution < -0.4 is 0 Å². The molecule has 1 heteroatoms. The van der Waals surface area contributed by atoms with Crippen LogP contribution in [0.15, 0.2) is 36.4 Å². The van der Waals surface area contributed by atoms with Crippen LogP contribution in [0.1, 0.15) is 11.1 Å². The van der Waals surface area contributed by atoms with Gasteiger partial charge in [-0.1, -0.05) is 42.5 Å². The highest BCUT2D eigenvalue weighted by Gasteiger charge is 2.07. The topological polar surface area (TPSA) is 0 Å². The van der Waals surface area contributed by atoms with E-state index in [2.05, 4.69) is 55.1 Å². The first kappa shape index (κ1) is 7.69. The van der Waals surface area contributed by atoms with Crippen molar-refractivity contribution < 1.29 is 0 Å². The highest BCUT2D eigenvalue weighted by atomic mass is 32.1. The van der Waals surface area contributed by atoms with Crippen LogP contribution in [0.4, 0.5) is 0 Å². The fourth-order valence-electron chi connectivity index (χ4n) is 1.45. The molecule has 0 saturated heterocycles. The third-order valence-corrected chi connectivity index (χ3v) is 2.21. The molecule has 0 radical (unpaired) electrons. The fraction of sp³-hybridized carbons (Fsp3) is 0.0909. The molecule has 0 aromatic heterocycles. The summed E-state index contributed by atoms with van der Waals surface area (Å²) in [6.07, 6.45) is 6.41. The summed E-state index contributed by atoms with van der Waals surface area (Å²) in [6, 6.07) is 8.40. The van der Waals surface area contributed by atoms with E-state index in [1.807, 2.05) is 0 Å². The molecule has 1 aromatic rings. The standard InChI is InChI=1S/C11H10S/c12-8-7-10-6-5-9-3-1-2-4-11(9)10/h1-7,12H,8H2/b10-7-. The summed E-state index contributed by atoms with van der Waals surface area (Å²) in [5.41, 5.74) is 3.93. The quantitative estimate of drug-likeness (QED) is 0.622. The lowest BCUT2D eigenvalue weighted by Gasteiger charge is -1.98. The van der Waals surface area contributed by atoms with Crippen molar-refractivity contribution in [2.45, 2.75) is 0 Å². The van der Waals surface area contributed by atoms with Crippen molar-refractivity contribution in [1.29, 1.82) is 0 Å². The second-order valence-electron chi connectivity index (χ2n) is 2.76. The van der Waals surface area contributed by atoms with E-state index in [1.165, 1.54) is 16.7 Å². The van der Waals surface area contributed by atoms with E-state index >= 15 is 0 Å². The van der Waals surface area contributed by atoms with Crippen molar-refractivity contribution in [3.8, 4) is 0 Å². The minimum Gasteiger partial charge on any atom is -0.175 e. The summed E-state index contributed by atoms with van der Waals surface area (Å²) in [7, 11) is 0. The summed E-state index contributed by atoms with van der Waals surface area (Å²) in [5, 5.41) is 0. The second-order valence-corrected chi connectivity index (χ2v) is 3.13. The summed E-state index contributed by atoms with van der Waals surface area (Å²) >= 11 is 4.18. The van der Waals surface area contributed by atoms with Crippen molar-refractivity contribution in [2.24, 2.45) is 0 Å². The minimum atomic E-state index is 0.800. The van der Waals surface area contributed by atoms with Crippen LogP contribution in [-0.4, -0.2) is 5.75 Å². The Bertz CT molecular complexity index is 348. The van der Waals surface area contributed by atoms with E-state index < -0.39 is 0 Å². The van der Waals surface area contributed by atoms with E-state index in [0.29, 0.717) is 0 Å². The van der Waals surface area contributed by atoms with Crippen molar-refractivity contribution >= 4 is 24.3 Å². The van der Waals surface area contributed by atoms with Gasteiger partial charge in [0.15, 0.2) is 0 Å². The Hall–Kier alpha value is -0.950. The van der Waals surface area contributed by atoms with Gasteiger partial charge >= 0.3 is 0 Å². The minimum absolute atomic E-state index is 0.800. The Labute approximate surface area is 78.0 Å². The lowest BCUT2D eigenvalue weighted by molar-refractivity contribution is 1.60. The van der Waals surface area contributed by atoms with E-state index in [4.69, 9.17) is 0 Å². The smallest absolute Gasteiger partial charge is 0.00917 e. The fourth-order valence-corrected chi connectivity index (χ4v) is 1.65. The number of rotatable bonds is 1. The van der Waals surface area contributed by atoms with Crippen molar-refractivity contribution in [3.63, 3.8) is 0 Å². The van der Waals surface area contributed by atoms with Crippen LogP contribution >= 0.6 is 12.6 Å². The van der Waals surface area contributed by atoms with E-state index in [0.717, 1.165) is 5.75 Å². The number of thiol groups is 1. The largest absolute Gasteiger partial charge is 0.175 e. The highest BCUT2D eigenvalue weighted by Crippen LogP contribution is 2.28. The zero-order valence-electron chi connectivity index (χ0n) is 6.70. The number of hydrogen-bond acceptors (Lipinski definition) is 1. The molecule has 0 heterocycles. The van der Waals surface area contributed by atoms with Crippen LogP contribution in [0.3, 0.4) is 0 Å². The molecule has 2 rings (SSSR count). The molecule has 12 heavy (non-hydrogen) atoms. The van der Waals surface area contributed by atoms with Crippen LogP contribution in [0, 0.1) is 0 Å². The first-order chi connectivity index (χ1) is 5.92. The van der Waals surface area contributed by atoms with Gasteiger partial charge in [0.05, 0.1) is 0 Å². The van der Waals surface area contributed by atoms with Gasteiger partial charge in [0.1, 0.15) is 0 Å². The summed E-state index contributed by atoms with van der Waals surface area (Å²) in [4.78, 5) is 0. The van der Waals surface area contributed by atoms with Gasteiger partial charge in [-0.25, -0.2) is 0 Å². The number of fused-ring (bicyclic) bond motifs is 1. The molecule has 0 unspecified atom stereocenters. The van der Waals surface area contributed by atoms with E-state index in [1.54, 1.807) is 0 Å². The molecule has 0 fully saturated rings. The predicted octanol–water partition coefficient (Wildman–Crippen LogP) is 3.03. The van der Waals surface area contributed by atoms with Crippen LogP contribution in [0.25, 0.3) is 11.6 Å². The Morgan fingerprint density at radius 1 is 1.17 bits per heavy atom. The SMILES string of the molecule is SC/C=C1/C=Cc2ccccc21. The van der Waals surface area contributed by atoms with Crippen molar-refractivity contribution in [2.75, 3.05) is 5.75 Å². The molecular weight excluding hydrogens is 164 g/mol. The molecule has 1 aliphatic carbocycles. The Morgan fingerprint density at radius 3 is 2.83 bits per heavy atom. The van der Waals surface area contributed by atoms with Gasteiger partial charge in [0, 0.05) is 5.75 Å². The van der Waals surface area contributed by atoms with E-state index in [9.17, 15) is 0 Å². The Morgan fingerprint density at radius 2 is 2.00 bits per heavy atom. The molecule has 0 amide bonds. The number of benzene rings is 1. The summed E-state index contributed by atoms with van der Waals surface area (Å²) in [6.45, 7) is 0. The van der Waals surface area contributed by atoms with Crippen molar-refractivity contribution in [3.05, 3.63) is 47.5 Å². The second kappa shape index (κ2) is 3.20. The zero-order valence-corrected chi connectivity index (χ0v) is 7.59. The van der Waals surface area contributed by atoms with Gasteiger partial charge in [0.2, 0.25) is 0 Å². The first-order valence-corrected chi connectivity index (χ1v) is 4.63. The Kier molecular flexibility index (Phi) is 2.05. The lowest BCUT2D eigenvalue weighted by Crippen LogP contribution is -1.79. The van der Waals surface area contributed by atoms with Gasteiger partial charge in [-0.2, -0.15) is 12.6 Å². The zero-order chi connectivity index (χ0) is 8.39. The maximum atomic E-state index is 4.18. The lowest BCUT2D eigenvalue weighted by atomic mass is 10.1. The third-order valence-electron chi connectivity index (χ3n) is 2.03. The molecule has 60 valence electrons. The molecular formula is C11H10S. The number of allylic oxidation sites excluding steroid dienone is 2. The van der Waals surface area contributed by atoms with Gasteiger partial charge in [-0.05, 0) is 16.7 Å². The van der Waals surface area contributed by atoms with Crippen molar-refractivity contribution in [1.82, 2.24) is 0 Å². The molecule has 0 bridgehead atoms. The molecule has 1 aliphatic rings. The third kappa shape index (κ3) is 1.21. The van der Waals surface area contributed by atoms with Gasteiger partial charge in [-0.3, -0.25) is 0 Å². The first-order valence-electron chi connectivity index (χ1n) is 4.00. The maximum Gasteiger partial charge on any atom is 0.00917 e. The average Bonchev–Trinajstić information content (AvgIpc) is 2.50. The van der Waals surface area contributed by atoms with Crippen LogP contribution in [-0.2, 0) is 0 Å². The Balaban J connectivity index is 2.49. The molecule has 1 aromatic carbocycles. The van der Waals surface area contributed by atoms with Gasteiger partial charge < -0.3 is 0 Å². The molecule has 0 spiro atoms. The normalized spacial score (nSPS) is 16.9. The predicted molar refractivity (Wildman–Crippen MR) is 57.3 cm³/mol. The molecule has 0 atom stereocenters. The van der Waals surface area contributed by atoms with Crippen LogP contribution in [0.2, 0.25) is 0 Å². The van der Waals surface area contributed by atoms with Gasteiger partial charge in [-0.15, -0.1) is 0 Å². The molecule has 0 nitrogen and oxygen atoms in total.